The molecule has 2 rings (SSSR count). The Labute approximate surface area is 146 Å². The molecule has 0 saturated heterocycles. The van der Waals surface area contributed by atoms with Gasteiger partial charge in [0.2, 0.25) is 0 Å². The number of nitrogens with zero attached hydrogens (tertiary/aromatic N) is 3. The molecule has 0 bridgehead atoms. The molecule has 0 aliphatic heterocycles. The summed E-state index contributed by atoms with van der Waals surface area (Å²) in [7, 11) is 3.26. The molecule has 2 N–H and O–H groups in total. The number of amides is 3. The van der Waals surface area contributed by atoms with Crippen LogP contribution in [0.3, 0.4) is 0 Å². The summed E-state index contributed by atoms with van der Waals surface area (Å²) in [5.74, 6) is -0.254. The van der Waals surface area contributed by atoms with Crippen molar-refractivity contribution in [2.24, 2.45) is 0 Å². The van der Waals surface area contributed by atoms with Crippen molar-refractivity contribution in [3.63, 3.8) is 0 Å². The monoisotopic (exact) mass is 337 g/mol. The summed E-state index contributed by atoms with van der Waals surface area (Å²) in [5.41, 5.74) is 1.53. The van der Waals surface area contributed by atoms with Crippen LogP contribution in [-0.4, -0.2) is 35.9 Å². The molecule has 25 heavy (non-hydrogen) atoms. The maximum atomic E-state index is 12.2. The highest BCUT2D eigenvalue weighted by atomic mass is 16.2. The van der Waals surface area contributed by atoms with E-state index in [0.717, 1.165) is 5.56 Å². The fourth-order valence-electron chi connectivity index (χ4n) is 2.21. The van der Waals surface area contributed by atoms with E-state index in [1.807, 2.05) is 30.3 Å². The van der Waals surface area contributed by atoms with Gasteiger partial charge in [0.25, 0.3) is 5.91 Å². The molecule has 1 atom stereocenters. The lowest BCUT2D eigenvalue weighted by Crippen LogP contribution is -2.32. The molecule has 0 aliphatic rings. The standard InChI is InChI=1S/C18H19N5O2/c1-23(2)17(24)16-12-14(9-11-20-16)21-18(25)22-15(8-10-19)13-6-4-3-5-7-13/h3-7,9,11-12,15H,8H2,1-2H3,(H2,20,21,22,25)/t15-/m0/s1. The molecule has 2 aromatic rings. The minimum Gasteiger partial charge on any atom is -0.343 e. The first-order valence-electron chi connectivity index (χ1n) is 7.68. The van der Waals surface area contributed by atoms with E-state index in [0.29, 0.717) is 5.69 Å². The van der Waals surface area contributed by atoms with Gasteiger partial charge in [-0.1, -0.05) is 30.3 Å². The smallest absolute Gasteiger partial charge is 0.319 e. The fourth-order valence-corrected chi connectivity index (χ4v) is 2.21. The van der Waals surface area contributed by atoms with Gasteiger partial charge in [-0.2, -0.15) is 5.26 Å². The summed E-state index contributed by atoms with van der Waals surface area (Å²) < 4.78 is 0. The Morgan fingerprint density at radius 3 is 2.60 bits per heavy atom. The average Bonchev–Trinajstić information content (AvgIpc) is 2.61. The summed E-state index contributed by atoms with van der Waals surface area (Å²) in [6, 6.07) is 13.5. The van der Waals surface area contributed by atoms with Crippen LogP contribution in [0.15, 0.2) is 48.7 Å². The molecule has 0 spiro atoms. The van der Waals surface area contributed by atoms with Gasteiger partial charge in [0.05, 0.1) is 18.5 Å². The highest BCUT2D eigenvalue weighted by molar-refractivity contribution is 5.95. The number of carbonyl (C=O) groups is 2. The second-order valence-electron chi connectivity index (χ2n) is 5.55. The first-order chi connectivity index (χ1) is 12.0. The number of benzene rings is 1. The maximum absolute atomic E-state index is 12.2. The summed E-state index contributed by atoms with van der Waals surface area (Å²) in [6.45, 7) is 0. The van der Waals surface area contributed by atoms with Crippen molar-refractivity contribution in [3.05, 3.63) is 59.9 Å². The molecular formula is C18H19N5O2. The Bertz CT molecular complexity index is 784. The van der Waals surface area contributed by atoms with Crippen molar-refractivity contribution in [1.82, 2.24) is 15.2 Å². The number of urea groups is 1. The van der Waals surface area contributed by atoms with Crippen LogP contribution in [0.1, 0.15) is 28.5 Å². The molecular weight excluding hydrogens is 318 g/mol. The van der Waals surface area contributed by atoms with Crippen LogP contribution >= 0.6 is 0 Å². The van der Waals surface area contributed by atoms with Gasteiger partial charge < -0.3 is 15.5 Å². The Kier molecular flexibility index (Phi) is 6.07. The minimum absolute atomic E-state index is 0.151. The first kappa shape index (κ1) is 17.9. The molecule has 1 aromatic carbocycles. The van der Waals surface area contributed by atoms with Gasteiger partial charge in [-0.15, -0.1) is 0 Å². The quantitative estimate of drug-likeness (QED) is 0.876. The van der Waals surface area contributed by atoms with E-state index in [9.17, 15) is 9.59 Å². The second-order valence-corrected chi connectivity index (χ2v) is 5.55. The lowest BCUT2D eigenvalue weighted by Gasteiger charge is -2.17. The SMILES string of the molecule is CN(C)C(=O)c1cc(NC(=O)N[C@@H](CC#N)c2ccccc2)ccn1. The van der Waals surface area contributed by atoms with Gasteiger partial charge in [0.1, 0.15) is 5.69 Å². The number of hydrogen-bond donors (Lipinski definition) is 2. The Morgan fingerprint density at radius 2 is 1.96 bits per heavy atom. The van der Waals surface area contributed by atoms with Gasteiger partial charge in [-0.05, 0) is 17.7 Å². The number of pyridine rings is 1. The van der Waals surface area contributed by atoms with E-state index in [1.165, 1.54) is 17.2 Å². The largest absolute Gasteiger partial charge is 0.343 e. The van der Waals surface area contributed by atoms with Gasteiger partial charge in [0.15, 0.2) is 0 Å². The molecule has 7 nitrogen and oxygen atoms in total. The number of nitrogens with one attached hydrogen (secondary N) is 2. The number of hydrogen-bond acceptors (Lipinski definition) is 4. The van der Waals surface area contributed by atoms with Crippen molar-refractivity contribution in [2.75, 3.05) is 19.4 Å². The molecule has 0 fully saturated rings. The van der Waals surface area contributed by atoms with Crippen molar-refractivity contribution in [1.29, 1.82) is 5.26 Å². The Morgan fingerprint density at radius 1 is 1.24 bits per heavy atom. The van der Waals surface area contributed by atoms with E-state index >= 15 is 0 Å². The van der Waals surface area contributed by atoms with Gasteiger partial charge in [-0.25, -0.2) is 4.79 Å². The summed E-state index contributed by atoms with van der Waals surface area (Å²) in [6.07, 6.45) is 1.61. The lowest BCUT2D eigenvalue weighted by molar-refractivity contribution is 0.0822. The fraction of sp³-hybridized carbons (Fsp3) is 0.222. The van der Waals surface area contributed by atoms with E-state index in [-0.39, 0.29) is 18.0 Å². The molecule has 3 amide bonds. The number of carbonyl (C=O) groups excluding carboxylic acids is 2. The zero-order valence-electron chi connectivity index (χ0n) is 14.1. The summed E-state index contributed by atoms with van der Waals surface area (Å²) in [4.78, 5) is 29.6. The van der Waals surface area contributed by atoms with E-state index < -0.39 is 12.1 Å². The summed E-state index contributed by atoms with van der Waals surface area (Å²) in [5, 5.41) is 14.4. The summed E-state index contributed by atoms with van der Waals surface area (Å²) >= 11 is 0. The Balaban J connectivity index is 2.07. The minimum atomic E-state index is -0.460. The Hall–Kier alpha value is -3.40. The van der Waals surface area contributed by atoms with E-state index in [2.05, 4.69) is 21.7 Å². The van der Waals surface area contributed by atoms with E-state index in [1.54, 1.807) is 20.2 Å². The van der Waals surface area contributed by atoms with Gasteiger partial charge >= 0.3 is 6.03 Å². The highest BCUT2D eigenvalue weighted by Crippen LogP contribution is 2.16. The van der Waals surface area contributed by atoms with Gasteiger partial charge in [0, 0.05) is 26.0 Å². The lowest BCUT2D eigenvalue weighted by atomic mass is 10.0. The number of anilines is 1. The second kappa shape index (κ2) is 8.45. The van der Waals surface area contributed by atoms with Crippen molar-refractivity contribution in [3.8, 4) is 6.07 Å². The number of rotatable bonds is 5. The zero-order chi connectivity index (χ0) is 18.2. The third-order valence-corrected chi connectivity index (χ3v) is 3.45. The third kappa shape index (κ3) is 5.04. The van der Waals surface area contributed by atoms with Crippen LogP contribution in [0.4, 0.5) is 10.5 Å². The first-order valence-corrected chi connectivity index (χ1v) is 7.68. The third-order valence-electron chi connectivity index (χ3n) is 3.45. The molecule has 7 heteroatoms. The molecule has 0 radical (unpaired) electrons. The molecule has 0 saturated carbocycles. The predicted molar refractivity (Wildman–Crippen MR) is 93.8 cm³/mol. The van der Waals surface area contributed by atoms with Crippen molar-refractivity contribution in [2.45, 2.75) is 12.5 Å². The van der Waals surface area contributed by atoms with Crippen LogP contribution in [0, 0.1) is 11.3 Å². The predicted octanol–water partition coefficient (Wildman–Crippen LogP) is 2.56. The topological polar surface area (TPSA) is 98.1 Å². The maximum Gasteiger partial charge on any atom is 0.319 e. The van der Waals surface area contributed by atoms with E-state index in [4.69, 9.17) is 5.26 Å². The number of aromatic nitrogens is 1. The number of nitriles is 1. The molecule has 0 unspecified atom stereocenters. The zero-order valence-corrected chi connectivity index (χ0v) is 14.1. The van der Waals surface area contributed by atoms with Crippen LogP contribution in [0.2, 0.25) is 0 Å². The molecule has 1 aromatic heterocycles. The normalized spacial score (nSPS) is 11.1. The van der Waals surface area contributed by atoms with Crippen LogP contribution in [0.5, 0.6) is 0 Å². The molecule has 128 valence electrons. The molecule has 0 aliphatic carbocycles. The van der Waals surface area contributed by atoms with Crippen LogP contribution in [0.25, 0.3) is 0 Å². The van der Waals surface area contributed by atoms with Crippen molar-refractivity contribution >= 4 is 17.6 Å². The van der Waals surface area contributed by atoms with Gasteiger partial charge in [-0.3, -0.25) is 9.78 Å². The van der Waals surface area contributed by atoms with Crippen molar-refractivity contribution < 1.29 is 9.59 Å². The van der Waals surface area contributed by atoms with Crippen LogP contribution in [-0.2, 0) is 0 Å². The van der Waals surface area contributed by atoms with Crippen LogP contribution < -0.4 is 10.6 Å². The highest BCUT2D eigenvalue weighted by Gasteiger charge is 2.15. The average molecular weight is 337 g/mol. The molecule has 1 heterocycles.